The van der Waals surface area contributed by atoms with Crippen LogP contribution in [0.25, 0.3) is 0 Å². The van der Waals surface area contributed by atoms with E-state index in [9.17, 15) is 5.21 Å². The minimum Gasteiger partial charge on any atom is -0.384 e. The molecule has 0 amide bonds. The van der Waals surface area contributed by atoms with E-state index in [4.69, 9.17) is 11.1 Å². The second kappa shape index (κ2) is 4.34. The Morgan fingerprint density at radius 2 is 2.06 bits per heavy atom. The van der Waals surface area contributed by atoms with Crippen LogP contribution < -0.4 is 5.73 Å². The van der Waals surface area contributed by atoms with E-state index in [-0.39, 0.29) is 5.84 Å². The van der Waals surface area contributed by atoms with Gasteiger partial charge in [0.2, 0.25) is 0 Å². The lowest BCUT2D eigenvalue weighted by atomic mass is 10.1. The molecule has 0 aliphatic carbocycles. The summed E-state index contributed by atoms with van der Waals surface area (Å²) >= 11 is 0. The van der Waals surface area contributed by atoms with E-state index in [1.807, 2.05) is 24.4 Å². The summed E-state index contributed by atoms with van der Waals surface area (Å²) in [4.78, 5) is 0. The van der Waals surface area contributed by atoms with Crippen LogP contribution in [0, 0.1) is 5.41 Å². The van der Waals surface area contributed by atoms with Crippen molar-refractivity contribution in [3.05, 3.63) is 47.7 Å². The van der Waals surface area contributed by atoms with Gasteiger partial charge in [-0.15, -0.1) is 0 Å². The number of nitrogens with one attached hydrogen (secondary N) is 1. The van der Waals surface area contributed by atoms with Gasteiger partial charge in [0.1, 0.15) is 5.84 Å². The molecule has 1 aliphatic heterocycles. The van der Waals surface area contributed by atoms with Gasteiger partial charge in [-0.1, -0.05) is 29.4 Å². The van der Waals surface area contributed by atoms with E-state index in [0.29, 0.717) is 18.7 Å². The lowest BCUT2D eigenvalue weighted by molar-refractivity contribution is -0.210. The fourth-order valence-electron chi connectivity index (χ4n) is 1.56. The number of nitrogens with two attached hydrogens (primary N) is 1. The highest BCUT2D eigenvalue weighted by molar-refractivity contribution is 5.94. The largest absolute Gasteiger partial charge is 0.384 e. The summed E-state index contributed by atoms with van der Waals surface area (Å²) in [6, 6.07) is 7.41. The summed E-state index contributed by atoms with van der Waals surface area (Å²) in [6.45, 7) is 1.12. The van der Waals surface area contributed by atoms with Crippen LogP contribution in [-0.4, -0.2) is 27.8 Å². The monoisotopic (exact) mass is 218 g/mol. The quantitative estimate of drug-likeness (QED) is 0.520. The molecule has 0 radical (unpaired) electrons. The summed E-state index contributed by atoms with van der Waals surface area (Å²) in [7, 11) is 0. The van der Waals surface area contributed by atoms with E-state index < -0.39 is 0 Å². The van der Waals surface area contributed by atoms with Gasteiger partial charge in [-0.25, -0.2) is 0 Å². The molecule has 0 bridgehead atoms. The van der Waals surface area contributed by atoms with E-state index in [0.717, 1.165) is 10.7 Å². The number of hydrogen-bond donors (Lipinski definition) is 3. The molecule has 0 aromatic heterocycles. The first-order valence-corrected chi connectivity index (χ1v) is 5.00. The molecule has 1 heterocycles. The molecule has 0 atom stereocenters. The van der Waals surface area contributed by atoms with Crippen LogP contribution in [0.15, 0.2) is 36.5 Å². The Hall–Kier alpha value is -1.85. The van der Waals surface area contributed by atoms with E-state index >= 15 is 0 Å². The maximum Gasteiger partial charge on any atom is 0.122 e. The van der Waals surface area contributed by atoms with Crippen LogP contribution in [-0.2, 0) is 6.54 Å². The van der Waals surface area contributed by atoms with Gasteiger partial charge in [-0.05, 0) is 11.6 Å². The average molecular weight is 218 g/mol. The third kappa shape index (κ3) is 2.21. The van der Waals surface area contributed by atoms with Crippen molar-refractivity contribution in [3.8, 4) is 0 Å². The van der Waals surface area contributed by atoms with Gasteiger partial charge in [0, 0.05) is 11.8 Å². The average Bonchev–Trinajstić information content (AvgIpc) is 2.65. The van der Waals surface area contributed by atoms with Crippen LogP contribution in [0.3, 0.4) is 0 Å². The first-order valence-electron chi connectivity index (χ1n) is 5.00. The lowest BCUT2D eigenvalue weighted by Crippen LogP contribution is -2.31. The Kier molecular flexibility index (Phi) is 2.89. The number of nitrogen functional groups attached to an aromatic ring is 1. The standard InChI is InChI=1S/C11H14N4O/c12-11(13)10-4-2-9(3-5-10)8-14-6-1-7-15(14)16/h1-6,16H,7-8H2,(H3,12,13). The van der Waals surface area contributed by atoms with Crippen molar-refractivity contribution >= 4 is 5.84 Å². The number of amidine groups is 1. The first-order chi connectivity index (χ1) is 7.66. The smallest absolute Gasteiger partial charge is 0.122 e. The van der Waals surface area contributed by atoms with Crippen molar-refractivity contribution in [1.82, 2.24) is 10.2 Å². The van der Waals surface area contributed by atoms with E-state index in [1.54, 1.807) is 17.1 Å². The predicted molar refractivity (Wildman–Crippen MR) is 60.6 cm³/mol. The second-order valence-electron chi connectivity index (χ2n) is 3.65. The Morgan fingerprint density at radius 3 is 2.56 bits per heavy atom. The summed E-state index contributed by atoms with van der Waals surface area (Å²) in [6.07, 6.45) is 3.71. The Balaban J connectivity index is 2.05. The SMILES string of the molecule is N=C(N)c1ccc(CN2C=CCN2O)cc1. The maximum atomic E-state index is 9.44. The Bertz CT molecular complexity index is 412. The van der Waals surface area contributed by atoms with Crippen LogP contribution in [0.5, 0.6) is 0 Å². The molecule has 0 saturated carbocycles. The normalized spacial score (nSPS) is 15.7. The number of hydrazine groups is 1. The fourth-order valence-corrected chi connectivity index (χ4v) is 1.56. The van der Waals surface area contributed by atoms with E-state index in [1.165, 1.54) is 0 Å². The van der Waals surface area contributed by atoms with Gasteiger partial charge in [-0.3, -0.25) is 15.6 Å². The van der Waals surface area contributed by atoms with Crippen LogP contribution in [0.1, 0.15) is 11.1 Å². The first kappa shape index (κ1) is 10.7. The van der Waals surface area contributed by atoms with Crippen molar-refractivity contribution in [1.29, 1.82) is 5.41 Å². The molecule has 1 aromatic rings. The van der Waals surface area contributed by atoms with Crippen LogP contribution in [0.2, 0.25) is 0 Å². The molecule has 0 unspecified atom stereocenters. The second-order valence-corrected chi connectivity index (χ2v) is 3.65. The molecule has 4 N–H and O–H groups in total. The van der Waals surface area contributed by atoms with Gasteiger partial charge in [0.15, 0.2) is 0 Å². The molecule has 5 heteroatoms. The molecule has 0 saturated heterocycles. The molecule has 0 fully saturated rings. The van der Waals surface area contributed by atoms with Crippen molar-refractivity contribution in [2.24, 2.45) is 5.73 Å². The molecule has 84 valence electrons. The highest BCUT2D eigenvalue weighted by Gasteiger charge is 2.13. The highest BCUT2D eigenvalue weighted by atomic mass is 16.5. The van der Waals surface area contributed by atoms with Crippen molar-refractivity contribution < 1.29 is 5.21 Å². The van der Waals surface area contributed by atoms with Gasteiger partial charge in [0.25, 0.3) is 0 Å². The van der Waals surface area contributed by atoms with E-state index in [2.05, 4.69) is 0 Å². The third-order valence-electron chi connectivity index (χ3n) is 2.45. The Morgan fingerprint density at radius 1 is 1.38 bits per heavy atom. The van der Waals surface area contributed by atoms with Gasteiger partial charge in [0.05, 0.1) is 13.1 Å². The fraction of sp³-hybridized carbons (Fsp3) is 0.182. The van der Waals surface area contributed by atoms with Gasteiger partial charge < -0.3 is 5.73 Å². The zero-order valence-electron chi connectivity index (χ0n) is 8.80. The maximum absolute atomic E-state index is 9.44. The molecular weight excluding hydrogens is 204 g/mol. The number of hydrogen-bond acceptors (Lipinski definition) is 4. The molecular formula is C11H14N4O. The van der Waals surface area contributed by atoms with Gasteiger partial charge in [-0.2, -0.15) is 0 Å². The van der Waals surface area contributed by atoms with Gasteiger partial charge >= 0.3 is 0 Å². The summed E-state index contributed by atoms with van der Waals surface area (Å²) < 4.78 is 0. The minimum absolute atomic E-state index is 0.0661. The van der Waals surface area contributed by atoms with Crippen LogP contribution in [0.4, 0.5) is 0 Å². The van der Waals surface area contributed by atoms with Crippen LogP contribution >= 0.6 is 0 Å². The minimum atomic E-state index is 0.0661. The molecule has 1 aromatic carbocycles. The third-order valence-corrected chi connectivity index (χ3v) is 2.45. The molecule has 0 spiro atoms. The number of hydroxylamine groups is 1. The number of benzene rings is 1. The zero-order chi connectivity index (χ0) is 11.5. The Labute approximate surface area is 93.8 Å². The van der Waals surface area contributed by atoms with Crippen molar-refractivity contribution in [2.45, 2.75) is 6.54 Å². The summed E-state index contributed by atoms with van der Waals surface area (Å²) in [5.41, 5.74) is 7.12. The van der Waals surface area contributed by atoms with Crippen molar-refractivity contribution in [3.63, 3.8) is 0 Å². The zero-order valence-corrected chi connectivity index (χ0v) is 8.80. The predicted octanol–water partition coefficient (Wildman–Crippen LogP) is 0.906. The topological polar surface area (TPSA) is 76.6 Å². The summed E-state index contributed by atoms with van der Waals surface area (Å²) in [5.74, 6) is 0.0661. The highest BCUT2D eigenvalue weighted by Crippen LogP contribution is 2.12. The molecule has 1 aliphatic rings. The number of rotatable bonds is 3. The number of nitrogens with zero attached hydrogens (tertiary/aromatic N) is 2. The lowest BCUT2D eigenvalue weighted by Gasteiger charge is -2.22. The van der Waals surface area contributed by atoms with Crippen molar-refractivity contribution in [2.75, 3.05) is 6.54 Å². The summed E-state index contributed by atoms with van der Waals surface area (Å²) in [5, 5.41) is 19.6. The molecule has 5 nitrogen and oxygen atoms in total. The molecule has 16 heavy (non-hydrogen) atoms. The molecule has 2 rings (SSSR count).